The van der Waals surface area contributed by atoms with Crippen LogP contribution in [0.5, 0.6) is 0 Å². The molecule has 0 spiro atoms. The lowest BCUT2D eigenvalue weighted by atomic mass is 9.86. The van der Waals surface area contributed by atoms with Gasteiger partial charge in [0, 0.05) is 32.1 Å². The van der Waals surface area contributed by atoms with Crippen molar-refractivity contribution in [3.8, 4) is 0 Å². The fourth-order valence-corrected chi connectivity index (χ4v) is 4.42. The summed E-state index contributed by atoms with van der Waals surface area (Å²) < 4.78 is 13.4. The number of halogens is 1. The van der Waals surface area contributed by atoms with Crippen molar-refractivity contribution in [3.05, 3.63) is 53.6 Å². The molecule has 2 saturated heterocycles. The van der Waals surface area contributed by atoms with Crippen LogP contribution in [0, 0.1) is 5.82 Å². The molecule has 7 heteroatoms. The van der Waals surface area contributed by atoms with Crippen LogP contribution >= 0.6 is 0 Å². The summed E-state index contributed by atoms with van der Waals surface area (Å²) in [7, 11) is 0. The first-order chi connectivity index (χ1) is 12.6. The highest BCUT2D eigenvalue weighted by atomic mass is 19.1. The predicted molar refractivity (Wildman–Crippen MR) is 93.0 cm³/mol. The summed E-state index contributed by atoms with van der Waals surface area (Å²) >= 11 is 0. The van der Waals surface area contributed by atoms with Gasteiger partial charge in [0.1, 0.15) is 11.5 Å². The maximum Gasteiger partial charge on any atom is 0.272 e. The molecule has 1 N–H and O–H groups in total. The molecule has 0 aliphatic carbocycles. The number of fused-ring (bicyclic) bond motifs is 1. The molecule has 1 aromatic heterocycles. The summed E-state index contributed by atoms with van der Waals surface area (Å²) in [6, 6.07) is 7.92. The van der Waals surface area contributed by atoms with Crippen molar-refractivity contribution in [2.75, 3.05) is 13.1 Å². The standard InChI is InChI=1S/C19H21FN4O2/c1-12(25)23-10-2-3-17-18(23)15(13-4-6-14(20)7-5-13)11-24(17)19(26)16-8-9-21-22-16/h4-9,15,17-18H,2-3,10-11H2,1H3,(H,21,22)/t15-,17-,18-/m1/s1. The van der Waals surface area contributed by atoms with E-state index in [0.717, 1.165) is 18.4 Å². The Balaban J connectivity index is 1.71. The number of likely N-dealkylation sites (tertiary alicyclic amines) is 2. The molecule has 2 aliphatic rings. The van der Waals surface area contributed by atoms with E-state index in [1.807, 2.05) is 9.80 Å². The Morgan fingerprint density at radius 1 is 1.19 bits per heavy atom. The largest absolute Gasteiger partial charge is 0.337 e. The molecule has 2 aromatic rings. The number of amides is 2. The highest BCUT2D eigenvalue weighted by Crippen LogP contribution is 2.40. The second kappa shape index (κ2) is 6.55. The molecule has 26 heavy (non-hydrogen) atoms. The van der Waals surface area contributed by atoms with E-state index < -0.39 is 0 Å². The zero-order valence-electron chi connectivity index (χ0n) is 14.6. The van der Waals surface area contributed by atoms with Gasteiger partial charge in [0.05, 0.1) is 12.1 Å². The summed E-state index contributed by atoms with van der Waals surface area (Å²) in [5.74, 6) is -0.410. The molecule has 4 rings (SSSR count). The molecular weight excluding hydrogens is 335 g/mol. The van der Waals surface area contributed by atoms with Crippen molar-refractivity contribution in [3.63, 3.8) is 0 Å². The van der Waals surface area contributed by atoms with E-state index in [-0.39, 0.29) is 35.6 Å². The number of carbonyl (C=O) groups excluding carboxylic acids is 2. The van der Waals surface area contributed by atoms with Gasteiger partial charge in [0.25, 0.3) is 5.91 Å². The Morgan fingerprint density at radius 3 is 2.62 bits per heavy atom. The SMILES string of the molecule is CC(=O)N1CCC[C@@H]2[C@H]1[C@@H](c1ccc(F)cc1)CN2C(=O)c1ccn[nH]1. The van der Waals surface area contributed by atoms with Crippen LogP contribution in [0.2, 0.25) is 0 Å². The number of nitrogens with one attached hydrogen (secondary N) is 1. The van der Waals surface area contributed by atoms with Crippen LogP contribution in [0.25, 0.3) is 0 Å². The van der Waals surface area contributed by atoms with Crippen molar-refractivity contribution in [1.29, 1.82) is 0 Å². The van der Waals surface area contributed by atoms with Gasteiger partial charge >= 0.3 is 0 Å². The van der Waals surface area contributed by atoms with Crippen molar-refractivity contribution in [1.82, 2.24) is 20.0 Å². The van der Waals surface area contributed by atoms with Crippen LogP contribution in [-0.2, 0) is 4.79 Å². The second-order valence-corrected chi connectivity index (χ2v) is 7.00. The van der Waals surface area contributed by atoms with E-state index in [0.29, 0.717) is 18.8 Å². The fraction of sp³-hybridized carbons (Fsp3) is 0.421. The second-order valence-electron chi connectivity index (χ2n) is 7.00. The van der Waals surface area contributed by atoms with Crippen LogP contribution in [-0.4, -0.2) is 57.0 Å². The van der Waals surface area contributed by atoms with Crippen molar-refractivity contribution in [2.24, 2.45) is 0 Å². The molecule has 0 radical (unpaired) electrons. The monoisotopic (exact) mass is 356 g/mol. The quantitative estimate of drug-likeness (QED) is 0.897. The van der Waals surface area contributed by atoms with Gasteiger partial charge in [-0.2, -0.15) is 5.10 Å². The summed E-state index contributed by atoms with van der Waals surface area (Å²) in [6.45, 7) is 2.77. The van der Waals surface area contributed by atoms with Crippen molar-refractivity contribution >= 4 is 11.8 Å². The van der Waals surface area contributed by atoms with Crippen LogP contribution in [0.4, 0.5) is 4.39 Å². The fourth-order valence-electron chi connectivity index (χ4n) is 4.42. The minimum atomic E-state index is -0.291. The van der Waals surface area contributed by atoms with Gasteiger partial charge in [-0.3, -0.25) is 14.7 Å². The minimum absolute atomic E-state index is 0.0163. The Labute approximate surface area is 151 Å². The Hall–Kier alpha value is -2.70. The highest BCUT2D eigenvalue weighted by molar-refractivity contribution is 5.93. The normalized spacial score (nSPS) is 25.2. The molecular formula is C19H21FN4O2. The van der Waals surface area contributed by atoms with Crippen molar-refractivity contribution in [2.45, 2.75) is 37.8 Å². The average molecular weight is 356 g/mol. The Morgan fingerprint density at radius 2 is 1.96 bits per heavy atom. The minimum Gasteiger partial charge on any atom is -0.337 e. The van der Waals surface area contributed by atoms with Gasteiger partial charge in [-0.1, -0.05) is 12.1 Å². The van der Waals surface area contributed by atoms with Crippen LogP contribution in [0.1, 0.15) is 41.7 Å². The molecule has 136 valence electrons. The Kier molecular flexibility index (Phi) is 4.22. The molecule has 0 bridgehead atoms. The van der Waals surface area contributed by atoms with Gasteiger partial charge in [-0.05, 0) is 36.6 Å². The third-order valence-electron chi connectivity index (χ3n) is 5.55. The number of hydrogen-bond donors (Lipinski definition) is 1. The highest BCUT2D eigenvalue weighted by Gasteiger charge is 2.49. The van der Waals surface area contributed by atoms with Gasteiger partial charge in [0.15, 0.2) is 0 Å². The lowest BCUT2D eigenvalue weighted by Crippen LogP contribution is -2.53. The Bertz CT molecular complexity index is 805. The first kappa shape index (κ1) is 16.8. The summed E-state index contributed by atoms with van der Waals surface area (Å²) in [6.07, 6.45) is 3.27. The number of aromatic amines is 1. The number of carbonyl (C=O) groups is 2. The lowest BCUT2D eigenvalue weighted by Gasteiger charge is -2.41. The molecule has 2 fully saturated rings. The van der Waals surface area contributed by atoms with Gasteiger partial charge in [-0.25, -0.2) is 4.39 Å². The molecule has 3 heterocycles. The van der Waals surface area contributed by atoms with E-state index in [4.69, 9.17) is 0 Å². The molecule has 6 nitrogen and oxygen atoms in total. The smallest absolute Gasteiger partial charge is 0.272 e. The first-order valence-corrected chi connectivity index (χ1v) is 8.89. The third kappa shape index (κ3) is 2.77. The van der Waals surface area contributed by atoms with Crippen LogP contribution in [0.15, 0.2) is 36.5 Å². The number of benzene rings is 1. The van der Waals surface area contributed by atoms with E-state index in [1.165, 1.54) is 12.1 Å². The number of piperidine rings is 1. The van der Waals surface area contributed by atoms with E-state index in [1.54, 1.807) is 31.3 Å². The third-order valence-corrected chi connectivity index (χ3v) is 5.55. The molecule has 2 amide bonds. The number of hydrogen-bond acceptors (Lipinski definition) is 3. The molecule has 2 aliphatic heterocycles. The zero-order chi connectivity index (χ0) is 18.3. The topological polar surface area (TPSA) is 69.3 Å². The zero-order valence-corrected chi connectivity index (χ0v) is 14.6. The maximum absolute atomic E-state index is 13.4. The van der Waals surface area contributed by atoms with Gasteiger partial charge in [0.2, 0.25) is 5.91 Å². The number of rotatable bonds is 2. The summed E-state index contributed by atoms with van der Waals surface area (Å²) in [5.41, 5.74) is 1.40. The van der Waals surface area contributed by atoms with Crippen LogP contribution in [0.3, 0.4) is 0 Å². The molecule has 0 saturated carbocycles. The molecule has 0 unspecified atom stereocenters. The van der Waals surface area contributed by atoms with E-state index in [2.05, 4.69) is 10.2 Å². The maximum atomic E-state index is 13.4. The predicted octanol–water partition coefficient (Wildman–Crippen LogP) is 2.17. The number of H-pyrrole nitrogens is 1. The van der Waals surface area contributed by atoms with Crippen molar-refractivity contribution < 1.29 is 14.0 Å². The van der Waals surface area contributed by atoms with E-state index >= 15 is 0 Å². The van der Waals surface area contributed by atoms with Crippen LogP contribution < -0.4 is 0 Å². The summed E-state index contributed by atoms with van der Waals surface area (Å²) in [4.78, 5) is 28.9. The van der Waals surface area contributed by atoms with E-state index in [9.17, 15) is 14.0 Å². The number of nitrogens with zero attached hydrogens (tertiary/aromatic N) is 3. The first-order valence-electron chi connectivity index (χ1n) is 8.89. The average Bonchev–Trinajstić information content (AvgIpc) is 3.30. The number of aromatic nitrogens is 2. The summed E-state index contributed by atoms with van der Waals surface area (Å²) in [5, 5.41) is 6.60. The molecule has 3 atom stereocenters. The van der Waals surface area contributed by atoms with Gasteiger partial charge < -0.3 is 9.80 Å². The van der Waals surface area contributed by atoms with Gasteiger partial charge in [-0.15, -0.1) is 0 Å². The molecule has 1 aromatic carbocycles. The lowest BCUT2D eigenvalue weighted by molar-refractivity contribution is -0.133.